The van der Waals surface area contributed by atoms with Crippen molar-refractivity contribution in [3.05, 3.63) is 33.1 Å². The maximum Gasteiger partial charge on any atom is 0.266 e. The van der Waals surface area contributed by atoms with E-state index in [1.165, 1.54) is 16.7 Å². The molecule has 1 N–H and O–H groups in total. The van der Waals surface area contributed by atoms with Gasteiger partial charge in [0.15, 0.2) is 0 Å². The third-order valence-electron chi connectivity index (χ3n) is 2.67. The Kier molecular flexibility index (Phi) is 5.20. The van der Waals surface area contributed by atoms with E-state index in [9.17, 15) is 9.90 Å². The van der Waals surface area contributed by atoms with Gasteiger partial charge in [-0.25, -0.2) is 0 Å². The van der Waals surface area contributed by atoms with Gasteiger partial charge in [0.05, 0.1) is 18.1 Å². The molecule has 0 atom stereocenters. The maximum atomic E-state index is 12.2. The number of phenolic OH excluding ortho intramolecular Hbond substituents is 1. The summed E-state index contributed by atoms with van der Waals surface area (Å²) >= 11 is 9.75. The summed E-state index contributed by atoms with van der Waals surface area (Å²) in [6, 6.07) is 5.05. The lowest BCUT2D eigenvalue weighted by Gasteiger charge is -2.12. The molecule has 1 aromatic carbocycles. The highest BCUT2D eigenvalue weighted by atomic mass is 79.9. The Bertz CT molecular complexity index is 589. The summed E-state index contributed by atoms with van der Waals surface area (Å²) in [4.78, 5) is 14.2. The van der Waals surface area contributed by atoms with Gasteiger partial charge in [0, 0.05) is 17.1 Å². The Morgan fingerprint density at radius 2 is 2.30 bits per heavy atom. The number of rotatable bonds is 4. The standard InChI is InChI=1S/C13H12BrNO3S2/c1-18-5-4-15-12(17)11(20-13(15)19)7-8-6-9(14)2-3-10(8)16/h2-3,6-7,16H,4-5H2,1H3/b11-7-. The molecule has 2 rings (SSSR count). The minimum Gasteiger partial charge on any atom is -0.507 e. The van der Waals surface area contributed by atoms with E-state index in [2.05, 4.69) is 15.9 Å². The number of aromatic hydroxyl groups is 1. The fourth-order valence-corrected chi connectivity index (χ4v) is 3.34. The summed E-state index contributed by atoms with van der Waals surface area (Å²) < 4.78 is 6.30. The number of hydrogen-bond donors (Lipinski definition) is 1. The molecular formula is C13H12BrNO3S2. The van der Waals surface area contributed by atoms with Gasteiger partial charge in [0.1, 0.15) is 10.1 Å². The lowest BCUT2D eigenvalue weighted by atomic mass is 10.2. The van der Waals surface area contributed by atoms with Crippen LogP contribution in [0.3, 0.4) is 0 Å². The molecular weight excluding hydrogens is 362 g/mol. The number of amides is 1. The zero-order chi connectivity index (χ0) is 14.7. The van der Waals surface area contributed by atoms with Crippen LogP contribution in [0.5, 0.6) is 5.75 Å². The van der Waals surface area contributed by atoms with Crippen LogP contribution < -0.4 is 0 Å². The van der Waals surface area contributed by atoms with Crippen LogP contribution in [-0.4, -0.2) is 40.5 Å². The SMILES string of the molecule is COCCN1C(=O)/C(=C/c2cc(Br)ccc2O)SC1=S. The van der Waals surface area contributed by atoms with Crippen molar-refractivity contribution in [2.24, 2.45) is 0 Å². The summed E-state index contributed by atoms with van der Waals surface area (Å²) in [5, 5.41) is 9.80. The molecule has 4 nitrogen and oxygen atoms in total. The predicted molar refractivity (Wildman–Crippen MR) is 87.6 cm³/mol. The number of benzene rings is 1. The second kappa shape index (κ2) is 6.71. The summed E-state index contributed by atoms with van der Waals surface area (Å²) in [5.41, 5.74) is 0.576. The van der Waals surface area contributed by atoms with Crippen molar-refractivity contribution in [2.75, 3.05) is 20.3 Å². The molecule has 7 heteroatoms. The lowest BCUT2D eigenvalue weighted by molar-refractivity contribution is -0.122. The molecule has 0 saturated carbocycles. The average molecular weight is 374 g/mol. The van der Waals surface area contributed by atoms with Gasteiger partial charge in [-0.15, -0.1) is 0 Å². The molecule has 1 amide bonds. The second-order valence-electron chi connectivity index (χ2n) is 4.03. The fourth-order valence-electron chi connectivity index (χ4n) is 1.66. The molecule has 0 radical (unpaired) electrons. The van der Waals surface area contributed by atoms with E-state index < -0.39 is 0 Å². The monoisotopic (exact) mass is 373 g/mol. The van der Waals surface area contributed by atoms with Crippen molar-refractivity contribution in [1.29, 1.82) is 0 Å². The number of ether oxygens (including phenoxy) is 1. The normalized spacial score (nSPS) is 17.3. The topological polar surface area (TPSA) is 49.8 Å². The molecule has 1 aromatic rings. The van der Waals surface area contributed by atoms with Gasteiger partial charge >= 0.3 is 0 Å². The van der Waals surface area contributed by atoms with Crippen LogP contribution in [0.15, 0.2) is 27.6 Å². The molecule has 1 aliphatic rings. The summed E-state index contributed by atoms with van der Waals surface area (Å²) in [6.45, 7) is 0.866. The Labute approximate surface area is 134 Å². The van der Waals surface area contributed by atoms with Gasteiger partial charge in [-0.05, 0) is 24.3 Å². The van der Waals surface area contributed by atoms with Crippen LogP contribution in [0.2, 0.25) is 0 Å². The van der Waals surface area contributed by atoms with Gasteiger partial charge in [-0.1, -0.05) is 39.9 Å². The van der Waals surface area contributed by atoms with Crippen LogP contribution >= 0.6 is 39.9 Å². The predicted octanol–water partition coefficient (Wildman–Crippen LogP) is 3.00. The lowest BCUT2D eigenvalue weighted by Crippen LogP contribution is -2.31. The van der Waals surface area contributed by atoms with Gasteiger partial charge in [0.2, 0.25) is 0 Å². The molecule has 0 spiro atoms. The smallest absolute Gasteiger partial charge is 0.266 e. The number of thiocarbonyl (C=S) groups is 1. The Morgan fingerprint density at radius 1 is 1.55 bits per heavy atom. The Hall–Kier alpha value is -0.890. The molecule has 0 unspecified atom stereocenters. The van der Waals surface area contributed by atoms with E-state index in [4.69, 9.17) is 17.0 Å². The average Bonchev–Trinajstić information content (AvgIpc) is 2.67. The highest BCUT2D eigenvalue weighted by Crippen LogP contribution is 2.34. The molecule has 1 fully saturated rings. The first-order chi connectivity index (χ1) is 9.52. The third-order valence-corrected chi connectivity index (χ3v) is 4.54. The molecule has 1 aliphatic heterocycles. The first kappa shape index (κ1) is 15.5. The van der Waals surface area contributed by atoms with E-state index in [1.54, 1.807) is 31.4 Å². The number of methoxy groups -OCH3 is 1. The zero-order valence-electron chi connectivity index (χ0n) is 10.6. The quantitative estimate of drug-likeness (QED) is 0.649. The van der Waals surface area contributed by atoms with E-state index in [1.807, 2.05) is 0 Å². The zero-order valence-corrected chi connectivity index (χ0v) is 13.8. The van der Waals surface area contributed by atoms with Crippen LogP contribution in [0.4, 0.5) is 0 Å². The number of hydrogen-bond acceptors (Lipinski definition) is 5. The minimum absolute atomic E-state index is 0.121. The molecule has 0 aliphatic carbocycles. The number of phenols is 1. The van der Waals surface area contributed by atoms with E-state index in [-0.39, 0.29) is 11.7 Å². The summed E-state index contributed by atoms with van der Waals surface area (Å²) in [6.07, 6.45) is 1.65. The van der Waals surface area contributed by atoms with Crippen LogP contribution in [-0.2, 0) is 9.53 Å². The molecule has 20 heavy (non-hydrogen) atoms. The minimum atomic E-state index is -0.156. The molecule has 0 aromatic heterocycles. The van der Waals surface area contributed by atoms with E-state index >= 15 is 0 Å². The van der Waals surface area contributed by atoms with Gasteiger partial charge in [-0.3, -0.25) is 9.69 Å². The summed E-state index contributed by atoms with van der Waals surface area (Å²) in [7, 11) is 1.58. The number of thioether (sulfide) groups is 1. The number of halogens is 1. The van der Waals surface area contributed by atoms with Crippen LogP contribution in [0.1, 0.15) is 5.56 Å². The molecule has 1 heterocycles. The fraction of sp³-hybridized carbons (Fsp3) is 0.231. The Balaban J connectivity index is 2.25. The first-order valence-electron chi connectivity index (χ1n) is 5.75. The molecule has 1 saturated heterocycles. The highest BCUT2D eigenvalue weighted by Gasteiger charge is 2.31. The van der Waals surface area contributed by atoms with Crippen molar-refractivity contribution in [3.8, 4) is 5.75 Å². The Morgan fingerprint density at radius 3 is 3.00 bits per heavy atom. The van der Waals surface area contributed by atoms with E-state index in [0.717, 1.165) is 4.47 Å². The van der Waals surface area contributed by atoms with E-state index in [0.29, 0.717) is 27.9 Å². The van der Waals surface area contributed by atoms with Gasteiger partial charge in [0.25, 0.3) is 5.91 Å². The van der Waals surface area contributed by atoms with Crippen molar-refractivity contribution in [2.45, 2.75) is 0 Å². The first-order valence-corrected chi connectivity index (χ1v) is 7.77. The van der Waals surface area contributed by atoms with Crippen LogP contribution in [0.25, 0.3) is 6.08 Å². The molecule has 106 valence electrons. The highest BCUT2D eigenvalue weighted by molar-refractivity contribution is 9.10. The number of carbonyl (C=O) groups is 1. The summed E-state index contributed by atoms with van der Waals surface area (Å²) in [5.74, 6) is -0.0354. The maximum absolute atomic E-state index is 12.2. The second-order valence-corrected chi connectivity index (χ2v) is 6.62. The van der Waals surface area contributed by atoms with Crippen molar-refractivity contribution < 1.29 is 14.6 Å². The van der Waals surface area contributed by atoms with Crippen molar-refractivity contribution in [1.82, 2.24) is 4.90 Å². The third kappa shape index (κ3) is 3.41. The van der Waals surface area contributed by atoms with Crippen LogP contribution in [0, 0.1) is 0 Å². The number of nitrogens with zero attached hydrogens (tertiary/aromatic N) is 1. The van der Waals surface area contributed by atoms with Crippen molar-refractivity contribution in [3.63, 3.8) is 0 Å². The van der Waals surface area contributed by atoms with Gasteiger partial charge < -0.3 is 9.84 Å². The van der Waals surface area contributed by atoms with Gasteiger partial charge in [-0.2, -0.15) is 0 Å². The number of carbonyl (C=O) groups excluding carboxylic acids is 1. The largest absolute Gasteiger partial charge is 0.507 e. The molecule has 0 bridgehead atoms. The van der Waals surface area contributed by atoms with Crippen molar-refractivity contribution >= 4 is 56.2 Å².